The molecular weight excluding hydrogens is 340 g/mol. The molecule has 5 nitrogen and oxygen atoms in total. The van der Waals surface area contributed by atoms with Gasteiger partial charge in [0.05, 0.1) is 11.3 Å². The zero-order chi connectivity index (χ0) is 18.2. The lowest BCUT2D eigenvalue weighted by atomic mass is 10.1. The average molecular weight is 359 g/mol. The molecule has 2 aromatic rings. The summed E-state index contributed by atoms with van der Waals surface area (Å²) >= 11 is 5.90. The largest absolute Gasteiger partial charge is 0.481 e. The highest BCUT2D eigenvalue weighted by Gasteiger charge is 2.18. The maximum atomic E-state index is 12.4. The van der Waals surface area contributed by atoms with Crippen LogP contribution in [0, 0.1) is 0 Å². The van der Waals surface area contributed by atoms with E-state index in [0.717, 1.165) is 0 Å². The third kappa shape index (κ3) is 5.36. The first-order chi connectivity index (χ1) is 12.0. The van der Waals surface area contributed by atoms with Crippen molar-refractivity contribution in [3.05, 3.63) is 71.8 Å². The van der Waals surface area contributed by atoms with E-state index >= 15 is 0 Å². The average Bonchev–Trinajstić information content (AvgIpc) is 2.60. The van der Waals surface area contributed by atoms with E-state index in [-0.39, 0.29) is 11.8 Å². The highest BCUT2D eigenvalue weighted by atomic mass is 35.5. The lowest BCUT2D eigenvalue weighted by molar-refractivity contribution is -0.122. The van der Waals surface area contributed by atoms with Crippen molar-refractivity contribution in [2.45, 2.75) is 13.0 Å². The molecule has 0 heterocycles. The summed E-state index contributed by atoms with van der Waals surface area (Å²) in [6, 6.07) is 13.6. The maximum Gasteiger partial charge on any atom is 0.265 e. The Morgan fingerprint density at radius 3 is 2.72 bits per heavy atom. The van der Waals surface area contributed by atoms with Crippen molar-refractivity contribution in [3.8, 4) is 5.75 Å². The zero-order valence-corrected chi connectivity index (χ0v) is 14.5. The molecule has 25 heavy (non-hydrogen) atoms. The number of halogens is 1. The van der Waals surface area contributed by atoms with E-state index < -0.39 is 6.10 Å². The Kier molecular flexibility index (Phi) is 6.60. The molecule has 0 saturated carbocycles. The number of amides is 2. The molecule has 0 spiro atoms. The van der Waals surface area contributed by atoms with Crippen molar-refractivity contribution in [1.29, 1.82) is 0 Å². The molecule has 2 rings (SSSR count). The summed E-state index contributed by atoms with van der Waals surface area (Å²) in [5, 5.41) is 5.92. The molecule has 0 fully saturated rings. The topological polar surface area (TPSA) is 67.4 Å². The SMILES string of the molecule is C=CCNC(=O)c1ccccc1NC(=O)[C@@H](C)Oc1cccc(Cl)c1. The second-order valence-corrected chi connectivity index (χ2v) is 5.69. The summed E-state index contributed by atoms with van der Waals surface area (Å²) in [6.45, 7) is 5.52. The molecule has 0 aliphatic carbocycles. The van der Waals surface area contributed by atoms with Crippen LogP contribution in [0.15, 0.2) is 61.2 Å². The Hall–Kier alpha value is -2.79. The quantitative estimate of drug-likeness (QED) is 0.742. The number of hydrogen-bond acceptors (Lipinski definition) is 3. The van der Waals surface area contributed by atoms with Gasteiger partial charge >= 0.3 is 0 Å². The minimum absolute atomic E-state index is 0.292. The Bertz CT molecular complexity index is 777. The fourth-order valence-electron chi connectivity index (χ4n) is 2.08. The number of para-hydroxylation sites is 1. The van der Waals surface area contributed by atoms with Crippen LogP contribution in [-0.2, 0) is 4.79 Å². The minimum Gasteiger partial charge on any atom is -0.481 e. The molecule has 2 amide bonds. The van der Waals surface area contributed by atoms with Crippen molar-refractivity contribution in [2.75, 3.05) is 11.9 Å². The smallest absolute Gasteiger partial charge is 0.265 e. The number of benzene rings is 2. The summed E-state index contributed by atoms with van der Waals surface area (Å²) in [5.74, 6) is -0.171. The van der Waals surface area contributed by atoms with Gasteiger partial charge in [0, 0.05) is 11.6 Å². The number of hydrogen-bond donors (Lipinski definition) is 2. The van der Waals surface area contributed by atoms with Gasteiger partial charge in [0.1, 0.15) is 5.75 Å². The van der Waals surface area contributed by atoms with Crippen LogP contribution in [0.25, 0.3) is 0 Å². The molecule has 0 bridgehead atoms. The summed E-state index contributed by atoms with van der Waals surface area (Å²) in [7, 11) is 0. The Morgan fingerprint density at radius 1 is 1.24 bits per heavy atom. The lowest BCUT2D eigenvalue weighted by Crippen LogP contribution is -2.31. The van der Waals surface area contributed by atoms with Crippen molar-refractivity contribution in [2.24, 2.45) is 0 Å². The summed E-state index contributed by atoms with van der Waals surface area (Å²) in [6.07, 6.45) is 0.822. The minimum atomic E-state index is -0.761. The van der Waals surface area contributed by atoms with E-state index in [0.29, 0.717) is 28.6 Å². The number of carbonyl (C=O) groups excluding carboxylic acids is 2. The normalized spacial score (nSPS) is 11.3. The molecule has 1 atom stereocenters. The second kappa shape index (κ2) is 8.89. The predicted molar refractivity (Wildman–Crippen MR) is 99.1 cm³/mol. The molecule has 0 aliphatic heterocycles. The summed E-state index contributed by atoms with van der Waals surface area (Å²) in [4.78, 5) is 24.5. The van der Waals surface area contributed by atoms with E-state index in [9.17, 15) is 9.59 Å². The summed E-state index contributed by atoms with van der Waals surface area (Å²) < 4.78 is 5.58. The maximum absolute atomic E-state index is 12.4. The van der Waals surface area contributed by atoms with Gasteiger partial charge in [-0.05, 0) is 37.3 Å². The van der Waals surface area contributed by atoms with Crippen LogP contribution in [0.5, 0.6) is 5.75 Å². The van der Waals surface area contributed by atoms with Crippen LogP contribution in [-0.4, -0.2) is 24.5 Å². The van der Waals surface area contributed by atoms with Gasteiger partial charge in [0.2, 0.25) is 0 Å². The van der Waals surface area contributed by atoms with E-state index in [4.69, 9.17) is 16.3 Å². The van der Waals surface area contributed by atoms with Crippen molar-refractivity contribution < 1.29 is 14.3 Å². The fourth-order valence-corrected chi connectivity index (χ4v) is 2.26. The van der Waals surface area contributed by atoms with Gasteiger partial charge in [-0.15, -0.1) is 6.58 Å². The summed E-state index contributed by atoms with van der Waals surface area (Å²) in [5.41, 5.74) is 0.781. The van der Waals surface area contributed by atoms with E-state index in [1.165, 1.54) is 0 Å². The van der Waals surface area contributed by atoms with Gasteiger partial charge in [0.25, 0.3) is 11.8 Å². The lowest BCUT2D eigenvalue weighted by Gasteiger charge is -2.16. The van der Waals surface area contributed by atoms with Crippen LogP contribution in [0.4, 0.5) is 5.69 Å². The molecule has 2 aromatic carbocycles. The molecule has 0 unspecified atom stereocenters. The molecule has 0 aromatic heterocycles. The molecule has 0 radical (unpaired) electrons. The first-order valence-electron chi connectivity index (χ1n) is 7.72. The van der Waals surface area contributed by atoms with E-state index in [1.54, 1.807) is 61.5 Å². The van der Waals surface area contributed by atoms with Crippen LogP contribution >= 0.6 is 11.6 Å². The zero-order valence-electron chi connectivity index (χ0n) is 13.8. The number of ether oxygens (including phenoxy) is 1. The van der Waals surface area contributed by atoms with Crippen LogP contribution in [0.2, 0.25) is 5.02 Å². The first-order valence-corrected chi connectivity index (χ1v) is 8.10. The van der Waals surface area contributed by atoms with Gasteiger partial charge in [-0.25, -0.2) is 0 Å². The van der Waals surface area contributed by atoms with Gasteiger partial charge < -0.3 is 15.4 Å². The van der Waals surface area contributed by atoms with Gasteiger partial charge in [0.15, 0.2) is 6.10 Å². The number of rotatable bonds is 7. The van der Waals surface area contributed by atoms with Crippen LogP contribution in [0.3, 0.4) is 0 Å². The predicted octanol–water partition coefficient (Wildman–Crippen LogP) is 3.66. The number of carbonyl (C=O) groups is 2. The standard InChI is InChI=1S/C19H19ClN2O3/c1-3-11-21-19(24)16-9-4-5-10-17(16)22-18(23)13(2)25-15-8-6-7-14(20)12-15/h3-10,12-13H,1,11H2,2H3,(H,21,24)(H,22,23)/t13-/m1/s1. The van der Waals surface area contributed by atoms with E-state index in [2.05, 4.69) is 17.2 Å². The molecule has 2 N–H and O–H groups in total. The van der Waals surface area contributed by atoms with Crippen molar-refractivity contribution in [1.82, 2.24) is 5.32 Å². The monoisotopic (exact) mass is 358 g/mol. The molecule has 0 saturated heterocycles. The second-order valence-electron chi connectivity index (χ2n) is 5.25. The molecule has 0 aliphatic rings. The fraction of sp³-hybridized carbons (Fsp3) is 0.158. The highest BCUT2D eigenvalue weighted by Crippen LogP contribution is 2.20. The Morgan fingerprint density at radius 2 is 2.00 bits per heavy atom. The number of anilines is 1. The Labute approximate surface area is 151 Å². The molecule has 6 heteroatoms. The third-order valence-electron chi connectivity index (χ3n) is 3.31. The van der Waals surface area contributed by atoms with Gasteiger partial charge in [-0.3, -0.25) is 9.59 Å². The van der Waals surface area contributed by atoms with Crippen molar-refractivity contribution in [3.63, 3.8) is 0 Å². The number of nitrogens with one attached hydrogen (secondary N) is 2. The van der Waals surface area contributed by atoms with E-state index in [1.807, 2.05) is 0 Å². The molecule has 130 valence electrons. The first kappa shape index (κ1) is 18.5. The Balaban J connectivity index is 2.07. The van der Waals surface area contributed by atoms with Crippen molar-refractivity contribution >= 4 is 29.1 Å². The van der Waals surface area contributed by atoms with Gasteiger partial charge in [-0.2, -0.15) is 0 Å². The van der Waals surface area contributed by atoms with Crippen LogP contribution < -0.4 is 15.4 Å². The highest BCUT2D eigenvalue weighted by molar-refractivity contribution is 6.30. The third-order valence-corrected chi connectivity index (χ3v) is 3.55. The van der Waals surface area contributed by atoms with Crippen LogP contribution in [0.1, 0.15) is 17.3 Å². The molecular formula is C19H19ClN2O3. The van der Waals surface area contributed by atoms with Gasteiger partial charge in [-0.1, -0.05) is 35.9 Å².